The molecular formula is C21H21N3O2. The summed E-state index contributed by atoms with van der Waals surface area (Å²) in [6.45, 7) is 2.51. The summed E-state index contributed by atoms with van der Waals surface area (Å²) < 4.78 is 5.33. The molecule has 2 aromatic carbocycles. The fourth-order valence-electron chi connectivity index (χ4n) is 2.53. The predicted octanol–water partition coefficient (Wildman–Crippen LogP) is 4.07. The lowest BCUT2D eigenvalue weighted by molar-refractivity contribution is 0.0950. The number of hydrogen-bond donors (Lipinski definition) is 2. The topological polar surface area (TPSA) is 63.2 Å². The Hall–Kier alpha value is -3.34. The second-order valence-electron chi connectivity index (χ2n) is 5.96. The number of benzene rings is 2. The minimum atomic E-state index is -0.165. The maximum Gasteiger partial charge on any atom is 0.253 e. The van der Waals surface area contributed by atoms with Gasteiger partial charge in [-0.15, -0.1) is 0 Å². The van der Waals surface area contributed by atoms with E-state index in [9.17, 15) is 4.79 Å². The molecule has 1 heterocycles. The van der Waals surface area contributed by atoms with Gasteiger partial charge in [0.1, 0.15) is 5.75 Å². The number of carbonyl (C=O) groups excluding carboxylic acids is 1. The number of aromatic nitrogens is 1. The highest BCUT2D eigenvalue weighted by molar-refractivity contribution is 5.94. The number of carbonyl (C=O) groups is 1. The Bertz CT molecular complexity index is 892. The molecule has 1 aromatic heterocycles. The third-order valence-electron chi connectivity index (χ3n) is 3.96. The second kappa shape index (κ2) is 8.16. The summed E-state index contributed by atoms with van der Waals surface area (Å²) in [5.41, 5.74) is 4.28. The van der Waals surface area contributed by atoms with E-state index in [-0.39, 0.29) is 5.91 Å². The molecular weight excluding hydrogens is 326 g/mol. The normalized spacial score (nSPS) is 10.2. The highest BCUT2D eigenvalue weighted by Gasteiger charge is 2.08. The summed E-state index contributed by atoms with van der Waals surface area (Å²) in [5.74, 6) is 0.559. The zero-order valence-electron chi connectivity index (χ0n) is 14.8. The number of rotatable bonds is 6. The number of hydrogen-bond acceptors (Lipinski definition) is 4. The molecule has 5 nitrogen and oxygen atoms in total. The van der Waals surface area contributed by atoms with E-state index in [0.29, 0.717) is 12.1 Å². The fourth-order valence-corrected chi connectivity index (χ4v) is 2.53. The second-order valence-corrected chi connectivity index (χ2v) is 5.96. The van der Waals surface area contributed by atoms with Crippen molar-refractivity contribution in [3.8, 4) is 5.75 Å². The highest BCUT2D eigenvalue weighted by Crippen LogP contribution is 2.26. The Balaban J connectivity index is 1.68. The van der Waals surface area contributed by atoms with Gasteiger partial charge >= 0.3 is 0 Å². The van der Waals surface area contributed by atoms with E-state index in [1.807, 2.05) is 55.5 Å². The Morgan fingerprint density at radius 2 is 1.85 bits per heavy atom. The third kappa shape index (κ3) is 4.39. The molecule has 5 heteroatoms. The molecule has 0 bridgehead atoms. The van der Waals surface area contributed by atoms with Crippen LogP contribution in [0.5, 0.6) is 5.75 Å². The van der Waals surface area contributed by atoms with Gasteiger partial charge in [-0.25, -0.2) is 0 Å². The number of anilines is 2. The molecule has 0 aliphatic rings. The number of nitrogens with one attached hydrogen (secondary N) is 2. The summed E-state index contributed by atoms with van der Waals surface area (Å²) in [4.78, 5) is 16.6. The number of methoxy groups -OCH3 is 1. The molecule has 0 aliphatic carbocycles. The SMILES string of the molecule is COc1ccccc1Nc1cncc(C(=O)NCc2ccc(C)cc2)c1. The van der Waals surface area contributed by atoms with Crippen molar-refractivity contribution in [2.75, 3.05) is 12.4 Å². The van der Waals surface area contributed by atoms with Gasteiger partial charge in [-0.2, -0.15) is 0 Å². The molecule has 3 aromatic rings. The average molecular weight is 347 g/mol. The van der Waals surface area contributed by atoms with E-state index < -0.39 is 0 Å². The summed E-state index contributed by atoms with van der Waals surface area (Å²) >= 11 is 0. The van der Waals surface area contributed by atoms with Gasteiger partial charge < -0.3 is 15.4 Å². The number of amides is 1. The van der Waals surface area contributed by atoms with Crippen molar-refractivity contribution in [3.63, 3.8) is 0 Å². The molecule has 0 atom stereocenters. The Kier molecular flexibility index (Phi) is 5.49. The van der Waals surface area contributed by atoms with Crippen LogP contribution in [0.1, 0.15) is 21.5 Å². The van der Waals surface area contributed by atoms with Gasteiger partial charge in [-0.1, -0.05) is 42.0 Å². The van der Waals surface area contributed by atoms with Crippen LogP contribution in [0.3, 0.4) is 0 Å². The molecule has 0 aliphatic heterocycles. The van der Waals surface area contributed by atoms with Crippen LogP contribution in [0, 0.1) is 6.92 Å². The Morgan fingerprint density at radius 3 is 2.62 bits per heavy atom. The maximum absolute atomic E-state index is 12.4. The van der Waals surface area contributed by atoms with Gasteiger partial charge in [0.25, 0.3) is 5.91 Å². The van der Waals surface area contributed by atoms with Crippen LogP contribution in [0.25, 0.3) is 0 Å². The van der Waals surface area contributed by atoms with Crippen LogP contribution in [0.15, 0.2) is 67.0 Å². The zero-order chi connectivity index (χ0) is 18.4. The lowest BCUT2D eigenvalue weighted by Crippen LogP contribution is -2.23. The minimum Gasteiger partial charge on any atom is -0.495 e. The third-order valence-corrected chi connectivity index (χ3v) is 3.96. The van der Waals surface area contributed by atoms with E-state index in [1.165, 1.54) is 5.56 Å². The first-order valence-corrected chi connectivity index (χ1v) is 8.34. The zero-order valence-corrected chi connectivity index (χ0v) is 14.8. The predicted molar refractivity (Wildman–Crippen MR) is 103 cm³/mol. The van der Waals surface area contributed by atoms with Crippen LogP contribution >= 0.6 is 0 Å². The van der Waals surface area contributed by atoms with Gasteiger partial charge in [0.15, 0.2) is 0 Å². The van der Waals surface area contributed by atoms with Gasteiger partial charge in [0.2, 0.25) is 0 Å². The molecule has 0 unspecified atom stereocenters. The van der Waals surface area contributed by atoms with Gasteiger partial charge in [-0.05, 0) is 30.7 Å². The van der Waals surface area contributed by atoms with E-state index >= 15 is 0 Å². The van der Waals surface area contributed by atoms with Crippen molar-refractivity contribution in [2.24, 2.45) is 0 Å². The highest BCUT2D eigenvalue weighted by atomic mass is 16.5. The number of para-hydroxylation sites is 2. The first-order chi connectivity index (χ1) is 12.7. The standard InChI is InChI=1S/C21H21N3O2/c1-15-7-9-16(10-8-15)12-23-21(25)17-11-18(14-22-13-17)24-19-5-3-4-6-20(19)26-2/h3-11,13-14,24H,12H2,1-2H3,(H,23,25). The van der Waals surface area contributed by atoms with Crippen molar-refractivity contribution in [2.45, 2.75) is 13.5 Å². The smallest absolute Gasteiger partial charge is 0.253 e. The van der Waals surface area contributed by atoms with Crippen LogP contribution in [-0.4, -0.2) is 18.0 Å². The summed E-state index contributed by atoms with van der Waals surface area (Å²) in [7, 11) is 1.62. The molecule has 0 saturated heterocycles. The van der Waals surface area contributed by atoms with Crippen LogP contribution in [-0.2, 0) is 6.54 Å². The molecule has 0 fully saturated rings. The molecule has 132 valence electrons. The number of aryl methyl sites for hydroxylation is 1. The number of ether oxygens (including phenoxy) is 1. The van der Waals surface area contributed by atoms with E-state index in [2.05, 4.69) is 15.6 Å². The molecule has 2 N–H and O–H groups in total. The summed E-state index contributed by atoms with van der Waals surface area (Å²) in [6.07, 6.45) is 3.22. The number of nitrogens with zero attached hydrogens (tertiary/aromatic N) is 1. The van der Waals surface area contributed by atoms with E-state index in [4.69, 9.17) is 4.74 Å². The largest absolute Gasteiger partial charge is 0.495 e. The number of pyridine rings is 1. The Labute approximate surface area is 153 Å². The molecule has 3 rings (SSSR count). The lowest BCUT2D eigenvalue weighted by atomic mass is 10.1. The van der Waals surface area contributed by atoms with Gasteiger partial charge in [0.05, 0.1) is 30.2 Å². The monoisotopic (exact) mass is 347 g/mol. The van der Waals surface area contributed by atoms with Crippen molar-refractivity contribution in [3.05, 3.63) is 83.7 Å². The van der Waals surface area contributed by atoms with Crippen LogP contribution in [0.4, 0.5) is 11.4 Å². The van der Waals surface area contributed by atoms with Crippen molar-refractivity contribution in [1.29, 1.82) is 0 Å². The first-order valence-electron chi connectivity index (χ1n) is 8.34. The van der Waals surface area contributed by atoms with Gasteiger partial charge in [0, 0.05) is 12.7 Å². The lowest BCUT2D eigenvalue weighted by Gasteiger charge is -2.11. The van der Waals surface area contributed by atoms with E-state index in [1.54, 1.807) is 25.6 Å². The minimum absolute atomic E-state index is 0.165. The van der Waals surface area contributed by atoms with Crippen molar-refractivity contribution in [1.82, 2.24) is 10.3 Å². The maximum atomic E-state index is 12.4. The summed E-state index contributed by atoms with van der Waals surface area (Å²) in [5, 5.41) is 6.15. The molecule has 0 spiro atoms. The van der Waals surface area contributed by atoms with Crippen molar-refractivity contribution < 1.29 is 9.53 Å². The molecule has 0 radical (unpaired) electrons. The fraction of sp³-hybridized carbons (Fsp3) is 0.143. The summed E-state index contributed by atoms with van der Waals surface area (Å²) in [6, 6.07) is 17.4. The molecule has 0 saturated carbocycles. The van der Waals surface area contributed by atoms with Crippen LogP contribution < -0.4 is 15.4 Å². The molecule has 26 heavy (non-hydrogen) atoms. The Morgan fingerprint density at radius 1 is 1.08 bits per heavy atom. The van der Waals surface area contributed by atoms with Crippen LogP contribution in [0.2, 0.25) is 0 Å². The average Bonchev–Trinajstić information content (AvgIpc) is 2.68. The quantitative estimate of drug-likeness (QED) is 0.705. The molecule has 1 amide bonds. The van der Waals surface area contributed by atoms with E-state index in [0.717, 1.165) is 22.7 Å². The van der Waals surface area contributed by atoms with Gasteiger partial charge in [-0.3, -0.25) is 9.78 Å². The first kappa shape index (κ1) is 17.5. The van der Waals surface area contributed by atoms with Crippen molar-refractivity contribution >= 4 is 17.3 Å².